The van der Waals surface area contributed by atoms with Crippen LogP contribution in [0.15, 0.2) is 42.7 Å². The number of phenols is 1. The summed E-state index contributed by atoms with van der Waals surface area (Å²) in [5, 5.41) is 26.3. The summed E-state index contributed by atoms with van der Waals surface area (Å²) in [6.07, 6.45) is 7.46. The molecule has 176 valence electrons. The number of aromatic nitrogens is 5. The highest BCUT2D eigenvalue weighted by Crippen LogP contribution is 2.33. The third kappa shape index (κ3) is 4.35. The van der Waals surface area contributed by atoms with E-state index in [0.717, 1.165) is 60.0 Å². The van der Waals surface area contributed by atoms with Crippen molar-refractivity contribution >= 4 is 16.8 Å². The summed E-state index contributed by atoms with van der Waals surface area (Å²) in [6.45, 7) is 0.429. The lowest BCUT2D eigenvalue weighted by molar-refractivity contribution is 0.0940. The van der Waals surface area contributed by atoms with E-state index in [0.29, 0.717) is 6.54 Å². The molecule has 0 aliphatic heterocycles. The predicted molar refractivity (Wildman–Crippen MR) is 121 cm³/mol. The summed E-state index contributed by atoms with van der Waals surface area (Å²) in [7, 11) is 1.78. The van der Waals surface area contributed by atoms with E-state index >= 15 is 0 Å². The van der Waals surface area contributed by atoms with E-state index in [1.54, 1.807) is 13.2 Å². The van der Waals surface area contributed by atoms with E-state index in [4.69, 9.17) is 5.10 Å². The van der Waals surface area contributed by atoms with Crippen LogP contribution in [0, 0.1) is 17.6 Å². The minimum atomic E-state index is -1.15. The van der Waals surface area contributed by atoms with Crippen molar-refractivity contribution in [2.24, 2.45) is 13.0 Å². The standard InChI is InChI=1S/C24H24F2N6O2/c1-31-28-12-22(29-31)15-4-5-16-13-32(30-21(16)10-15)18-6-2-14(3-7-18)11-27-24(34)17-8-19(25)23(33)20(26)9-17/h4-5,8-10,12-14,18,33H,2-3,6-7,11H2,1H3,(H,27,34). The summed E-state index contributed by atoms with van der Waals surface area (Å²) in [5.74, 6) is -3.66. The third-order valence-electron chi connectivity index (χ3n) is 6.44. The van der Waals surface area contributed by atoms with Gasteiger partial charge in [-0.2, -0.15) is 20.1 Å². The molecule has 2 aromatic carbocycles. The van der Waals surface area contributed by atoms with Gasteiger partial charge in [-0.1, -0.05) is 12.1 Å². The molecule has 4 aromatic rings. The summed E-state index contributed by atoms with van der Waals surface area (Å²) in [6, 6.07) is 8.03. The molecule has 0 radical (unpaired) electrons. The second kappa shape index (κ2) is 8.85. The SMILES string of the molecule is Cn1ncc(-c2ccc3cn(C4CCC(CNC(=O)c5cc(F)c(O)c(F)c5)CC4)nc3c2)n1. The second-order valence-electron chi connectivity index (χ2n) is 8.78. The van der Waals surface area contributed by atoms with E-state index in [2.05, 4.69) is 21.7 Å². The van der Waals surface area contributed by atoms with Gasteiger partial charge in [0.25, 0.3) is 5.91 Å². The van der Waals surface area contributed by atoms with Crippen LogP contribution >= 0.6 is 0 Å². The molecule has 2 heterocycles. The smallest absolute Gasteiger partial charge is 0.251 e. The molecule has 34 heavy (non-hydrogen) atoms. The van der Waals surface area contributed by atoms with Crippen molar-refractivity contribution in [3.8, 4) is 17.0 Å². The fraction of sp³-hybridized carbons (Fsp3) is 0.333. The molecular weight excluding hydrogens is 442 g/mol. The van der Waals surface area contributed by atoms with Crippen molar-refractivity contribution in [3.63, 3.8) is 0 Å². The van der Waals surface area contributed by atoms with E-state index in [-0.39, 0.29) is 17.5 Å². The highest BCUT2D eigenvalue weighted by atomic mass is 19.1. The highest BCUT2D eigenvalue weighted by molar-refractivity contribution is 5.94. The van der Waals surface area contributed by atoms with Gasteiger partial charge in [0, 0.05) is 36.3 Å². The Kier molecular flexibility index (Phi) is 5.72. The van der Waals surface area contributed by atoms with Gasteiger partial charge in [0.2, 0.25) is 0 Å². The summed E-state index contributed by atoms with van der Waals surface area (Å²) in [4.78, 5) is 13.8. The number of halogens is 2. The number of rotatable bonds is 5. The Morgan fingerprint density at radius 1 is 1.12 bits per heavy atom. The van der Waals surface area contributed by atoms with E-state index in [1.807, 2.05) is 22.9 Å². The van der Waals surface area contributed by atoms with Crippen LogP contribution in [0.25, 0.3) is 22.2 Å². The van der Waals surface area contributed by atoms with Crippen LogP contribution in [-0.2, 0) is 7.05 Å². The normalized spacial score (nSPS) is 18.3. The number of aromatic hydroxyl groups is 1. The average molecular weight is 466 g/mol. The Morgan fingerprint density at radius 2 is 1.85 bits per heavy atom. The van der Waals surface area contributed by atoms with Gasteiger partial charge in [0.15, 0.2) is 17.4 Å². The van der Waals surface area contributed by atoms with Crippen molar-refractivity contribution in [1.82, 2.24) is 30.1 Å². The minimum absolute atomic E-state index is 0.148. The van der Waals surface area contributed by atoms with Gasteiger partial charge in [-0.05, 0) is 49.8 Å². The predicted octanol–water partition coefficient (Wildman–Crippen LogP) is 3.98. The first-order chi connectivity index (χ1) is 16.4. The van der Waals surface area contributed by atoms with Crippen molar-refractivity contribution < 1.29 is 18.7 Å². The van der Waals surface area contributed by atoms with Crippen molar-refractivity contribution in [1.29, 1.82) is 0 Å². The first kappa shape index (κ1) is 22.0. The molecule has 2 N–H and O–H groups in total. The molecule has 5 rings (SSSR count). The number of nitrogens with one attached hydrogen (secondary N) is 1. The lowest BCUT2D eigenvalue weighted by Crippen LogP contribution is -2.31. The van der Waals surface area contributed by atoms with E-state index in [1.165, 1.54) is 4.80 Å². The maximum atomic E-state index is 13.5. The Bertz CT molecular complexity index is 1330. The summed E-state index contributed by atoms with van der Waals surface area (Å²) in [5.41, 5.74) is 2.54. The van der Waals surface area contributed by atoms with Crippen molar-refractivity contribution in [2.45, 2.75) is 31.7 Å². The van der Waals surface area contributed by atoms with Crippen LogP contribution in [0.2, 0.25) is 0 Å². The largest absolute Gasteiger partial charge is 0.503 e. The minimum Gasteiger partial charge on any atom is -0.503 e. The summed E-state index contributed by atoms with van der Waals surface area (Å²) >= 11 is 0. The molecule has 1 aliphatic rings. The fourth-order valence-corrected chi connectivity index (χ4v) is 4.51. The maximum absolute atomic E-state index is 13.5. The number of hydrogen-bond donors (Lipinski definition) is 2. The van der Waals surface area contributed by atoms with Crippen LogP contribution in [0.4, 0.5) is 8.78 Å². The van der Waals surface area contributed by atoms with Crippen LogP contribution in [-0.4, -0.2) is 42.3 Å². The Hall–Kier alpha value is -3.82. The molecule has 1 saturated carbocycles. The molecule has 0 saturated heterocycles. The monoisotopic (exact) mass is 466 g/mol. The number of benzene rings is 2. The number of nitrogens with zero attached hydrogens (tertiary/aromatic N) is 5. The van der Waals surface area contributed by atoms with Crippen LogP contribution in [0.1, 0.15) is 42.1 Å². The van der Waals surface area contributed by atoms with Gasteiger partial charge < -0.3 is 10.4 Å². The Labute approximate surface area is 194 Å². The summed E-state index contributed by atoms with van der Waals surface area (Å²) < 4.78 is 29.0. The number of carbonyl (C=O) groups is 1. The van der Waals surface area contributed by atoms with Crippen LogP contribution in [0.3, 0.4) is 0 Å². The molecule has 1 amide bonds. The first-order valence-corrected chi connectivity index (χ1v) is 11.2. The van der Waals surface area contributed by atoms with Crippen LogP contribution < -0.4 is 5.32 Å². The molecule has 1 fully saturated rings. The molecule has 1 aliphatic carbocycles. The number of phenolic OH excluding ortho intramolecular Hbond substituents is 1. The van der Waals surface area contributed by atoms with Gasteiger partial charge >= 0.3 is 0 Å². The average Bonchev–Trinajstić information content (AvgIpc) is 3.46. The quantitative estimate of drug-likeness (QED) is 0.464. The van der Waals surface area contributed by atoms with E-state index in [9.17, 15) is 18.7 Å². The number of fused-ring (bicyclic) bond motifs is 1. The highest BCUT2D eigenvalue weighted by Gasteiger charge is 2.24. The first-order valence-electron chi connectivity index (χ1n) is 11.2. The van der Waals surface area contributed by atoms with Crippen molar-refractivity contribution in [3.05, 3.63) is 59.9 Å². The Morgan fingerprint density at radius 3 is 2.53 bits per heavy atom. The Balaban J connectivity index is 1.18. The van der Waals surface area contributed by atoms with Crippen LogP contribution in [0.5, 0.6) is 5.75 Å². The fourth-order valence-electron chi connectivity index (χ4n) is 4.51. The van der Waals surface area contributed by atoms with Crippen molar-refractivity contribution in [2.75, 3.05) is 6.54 Å². The number of amides is 1. The van der Waals surface area contributed by atoms with E-state index < -0.39 is 23.3 Å². The zero-order valence-corrected chi connectivity index (χ0v) is 18.6. The number of aryl methyl sites for hydroxylation is 1. The lowest BCUT2D eigenvalue weighted by Gasteiger charge is -2.28. The molecule has 0 unspecified atom stereocenters. The lowest BCUT2D eigenvalue weighted by atomic mass is 9.86. The molecule has 10 heteroatoms. The zero-order chi connectivity index (χ0) is 23.8. The third-order valence-corrected chi connectivity index (χ3v) is 6.44. The number of hydrogen-bond acceptors (Lipinski definition) is 5. The van der Waals surface area contributed by atoms with Gasteiger partial charge in [0.1, 0.15) is 5.69 Å². The van der Waals surface area contributed by atoms with Gasteiger partial charge in [-0.15, -0.1) is 0 Å². The molecule has 0 bridgehead atoms. The molecule has 2 aromatic heterocycles. The zero-order valence-electron chi connectivity index (χ0n) is 18.6. The van der Waals surface area contributed by atoms with Gasteiger partial charge in [-0.3, -0.25) is 9.48 Å². The molecule has 0 atom stereocenters. The van der Waals surface area contributed by atoms with Gasteiger partial charge in [-0.25, -0.2) is 8.78 Å². The number of carbonyl (C=O) groups excluding carboxylic acids is 1. The second-order valence-corrected chi connectivity index (χ2v) is 8.78. The molecule has 0 spiro atoms. The topological polar surface area (TPSA) is 97.9 Å². The molecular formula is C24H24F2N6O2. The molecule has 8 nitrogen and oxygen atoms in total. The van der Waals surface area contributed by atoms with Gasteiger partial charge in [0.05, 0.1) is 17.8 Å². The maximum Gasteiger partial charge on any atom is 0.251 e.